The number of thiophene rings is 1. The van der Waals surface area contributed by atoms with Crippen LogP contribution in [0.15, 0.2) is 11.4 Å². The molecule has 0 aromatic carbocycles. The van der Waals surface area contributed by atoms with Crippen LogP contribution in [0.3, 0.4) is 0 Å². The second-order valence-corrected chi connectivity index (χ2v) is 6.74. The number of nitrogens with zero attached hydrogens (tertiary/aromatic N) is 1. The molecule has 1 fully saturated rings. The van der Waals surface area contributed by atoms with Crippen molar-refractivity contribution in [3.63, 3.8) is 0 Å². The van der Waals surface area contributed by atoms with Gasteiger partial charge in [-0.2, -0.15) is 0 Å². The Morgan fingerprint density at radius 3 is 2.95 bits per heavy atom. The van der Waals surface area contributed by atoms with Crippen LogP contribution in [0.5, 0.6) is 0 Å². The number of rotatable bonds is 3. The summed E-state index contributed by atoms with van der Waals surface area (Å²) in [5.74, 6) is 0.218. The number of amides is 2. The van der Waals surface area contributed by atoms with Gasteiger partial charge in [-0.3, -0.25) is 9.59 Å². The molecule has 1 aromatic heterocycles. The van der Waals surface area contributed by atoms with Crippen LogP contribution in [0.1, 0.15) is 36.6 Å². The van der Waals surface area contributed by atoms with Gasteiger partial charge in [0.25, 0.3) is 0 Å². The first-order valence-corrected chi connectivity index (χ1v) is 8.17. The van der Waals surface area contributed by atoms with Gasteiger partial charge in [0.1, 0.15) is 6.04 Å². The van der Waals surface area contributed by atoms with Gasteiger partial charge in [-0.25, -0.2) is 0 Å². The SMILES string of the molecule is CC(NC(=O)C1CCC1)C(=O)N1CCc2sccc2C1. The first kappa shape index (κ1) is 13.6. The van der Waals surface area contributed by atoms with Crippen molar-refractivity contribution in [2.75, 3.05) is 6.54 Å². The summed E-state index contributed by atoms with van der Waals surface area (Å²) in [7, 11) is 0. The highest BCUT2D eigenvalue weighted by Gasteiger charge is 2.30. The standard InChI is InChI=1S/C15H20N2O2S/c1-10(16-14(18)11-3-2-4-11)15(19)17-7-5-13-12(9-17)6-8-20-13/h6,8,10-11H,2-5,7,9H2,1H3,(H,16,18). The lowest BCUT2D eigenvalue weighted by atomic mass is 9.84. The van der Waals surface area contributed by atoms with Crippen molar-refractivity contribution in [2.24, 2.45) is 5.92 Å². The molecule has 1 saturated carbocycles. The Morgan fingerprint density at radius 2 is 2.25 bits per heavy atom. The molecular weight excluding hydrogens is 272 g/mol. The lowest BCUT2D eigenvalue weighted by molar-refractivity contribution is -0.138. The van der Waals surface area contributed by atoms with Gasteiger partial charge in [0.2, 0.25) is 11.8 Å². The van der Waals surface area contributed by atoms with Crippen LogP contribution in [0.2, 0.25) is 0 Å². The highest BCUT2D eigenvalue weighted by atomic mass is 32.1. The molecule has 2 heterocycles. The normalized spacial score (nSPS) is 19.9. The Bertz CT molecular complexity index is 522. The van der Waals surface area contributed by atoms with E-state index in [1.807, 2.05) is 4.90 Å². The average Bonchev–Trinajstić information content (AvgIpc) is 2.82. The first-order valence-electron chi connectivity index (χ1n) is 7.29. The minimum Gasteiger partial charge on any atom is -0.344 e. The Labute approximate surface area is 123 Å². The van der Waals surface area contributed by atoms with Gasteiger partial charge in [-0.1, -0.05) is 6.42 Å². The molecule has 0 bridgehead atoms. The Morgan fingerprint density at radius 1 is 1.45 bits per heavy atom. The molecule has 1 aromatic rings. The Hall–Kier alpha value is -1.36. The molecule has 0 spiro atoms. The number of nitrogens with one attached hydrogen (secondary N) is 1. The Balaban J connectivity index is 1.57. The number of carbonyl (C=O) groups excluding carboxylic acids is 2. The van der Waals surface area contributed by atoms with Crippen molar-refractivity contribution >= 4 is 23.2 Å². The van der Waals surface area contributed by atoms with Crippen molar-refractivity contribution in [2.45, 2.75) is 45.2 Å². The molecule has 20 heavy (non-hydrogen) atoms. The van der Waals surface area contributed by atoms with Gasteiger partial charge in [0, 0.05) is 23.9 Å². The third kappa shape index (κ3) is 2.59. The van der Waals surface area contributed by atoms with E-state index in [2.05, 4.69) is 16.8 Å². The van der Waals surface area contributed by atoms with E-state index in [-0.39, 0.29) is 17.7 Å². The maximum atomic E-state index is 12.4. The highest BCUT2D eigenvalue weighted by Crippen LogP contribution is 2.27. The van der Waals surface area contributed by atoms with Crippen LogP contribution >= 0.6 is 11.3 Å². The Kier molecular flexibility index (Phi) is 3.78. The van der Waals surface area contributed by atoms with Crippen LogP contribution in [-0.2, 0) is 22.6 Å². The molecule has 1 unspecified atom stereocenters. The third-order valence-corrected chi connectivity index (χ3v) is 5.35. The predicted octanol–water partition coefficient (Wildman–Crippen LogP) is 1.94. The molecule has 4 nitrogen and oxygen atoms in total. The highest BCUT2D eigenvalue weighted by molar-refractivity contribution is 7.10. The molecular formula is C15H20N2O2S. The summed E-state index contributed by atoms with van der Waals surface area (Å²) >= 11 is 1.76. The zero-order valence-corrected chi connectivity index (χ0v) is 12.5. The fraction of sp³-hybridized carbons (Fsp3) is 0.600. The lowest BCUT2D eigenvalue weighted by Gasteiger charge is -2.31. The van der Waals surface area contributed by atoms with E-state index < -0.39 is 6.04 Å². The molecule has 1 atom stereocenters. The van der Waals surface area contributed by atoms with E-state index in [4.69, 9.17) is 0 Å². The van der Waals surface area contributed by atoms with Crippen molar-refractivity contribution < 1.29 is 9.59 Å². The summed E-state index contributed by atoms with van der Waals surface area (Å²) in [6.07, 6.45) is 4.00. The zero-order chi connectivity index (χ0) is 14.1. The van der Waals surface area contributed by atoms with Crippen molar-refractivity contribution in [1.29, 1.82) is 0 Å². The summed E-state index contributed by atoms with van der Waals surface area (Å²) in [6.45, 7) is 3.24. The second-order valence-electron chi connectivity index (χ2n) is 5.74. The van der Waals surface area contributed by atoms with Crippen LogP contribution in [-0.4, -0.2) is 29.3 Å². The molecule has 1 aliphatic heterocycles. The van der Waals surface area contributed by atoms with Gasteiger partial charge in [0.05, 0.1) is 0 Å². The van der Waals surface area contributed by atoms with Gasteiger partial charge in [-0.15, -0.1) is 11.3 Å². The average molecular weight is 292 g/mol. The number of hydrogen-bond donors (Lipinski definition) is 1. The van der Waals surface area contributed by atoms with E-state index in [0.29, 0.717) is 6.54 Å². The van der Waals surface area contributed by atoms with E-state index in [9.17, 15) is 9.59 Å². The summed E-state index contributed by atoms with van der Waals surface area (Å²) in [6, 6.07) is 1.68. The molecule has 108 valence electrons. The van der Waals surface area contributed by atoms with Crippen molar-refractivity contribution in [3.8, 4) is 0 Å². The largest absolute Gasteiger partial charge is 0.344 e. The fourth-order valence-corrected chi connectivity index (χ4v) is 3.66. The number of carbonyl (C=O) groups is 2. The minimum absolute atomic E-state index is 0.0366. The van der Waals surface area contributed by atoms with Crippen LogP contribution in [0.4, 0.5) is 0 Å². The summed E-state index contributed by atoms with van der Waals surface area (Å²) in [5, 5.41) is 4.95. The molecule has 5 heteroatoms. The van der Waals surface area contributed by atoms with Gasteiger partial charge in [-0.05, 0) is 43.2 Å². The predicted molar refractivity (Wildman–Crippen MR) is 78.4 cm³/mol. The second kappa shape index (κ2) is 5.56. The molecule has 2 aliphatic rings. The molecule has 0 radical (unpaired) electrons. The van der Waals surface area contributed by atoms with E-state index in [0.717, 1.165) is 32.2 Å². The monoisotopic (exact) mass is 292 g/mol. The first-order chi connectivity index (χ1) is 9.65. The lowest BCUT2D eigenvalue weighted by Crippen LogP contribution is -2.50. The molecule has 1 N–H and O–H groups in total. The smallest absolute Gasteiger partial charge is 0.245 e. The molecule has 0 saturated heterocycles. The quantitative estimate of drug-likeness (QED) is 0.925. The zero-order valence-electron chi connectivity index (χ0n) is 11.7. The van der Waals surface area contributed by atoms with Crippen molar-refractivity contribution in [1.82, 2.24) is 10.2 Å². The summed E-state index contributed by atoms with van der Waals surface area (Å²) < 4.78 is 0. The van der Waals surface area contributed by atoms with E-state index in [1.54, 1.807) is 18.3 Å². The van der Waals surface area contributed by atoms with Crippen LogP contribution in [0.25, 0.3) is 0 Å². The maximum Gasteiger partial charge on any atom is 0.245 e. The molecule has 2 amide bonds. The van der Waals surface area contributed by atoms with Gasteiger partial charge < -0.3 is 10.2 Å². The van der Waals surface area contributed by atoms with E-state index in [1.165, 1.54) is 10.4 Å². The van der Waals surface area contributed by atoms with Crippen LogP contribution in [0, 0.1) is 5.92 Å². The maximum absolute atomic E-state index is 12.4. The number of fused-ring (bicyclic) bond motifs is 1. The number of hydrogen-bond acceptors (Lipinski definition) is 3. The fourth-order valence-electron chi connectivity index (χ4n) is 2.77. The topological polar surface area (TPSA) is 49.4 Å². The molecule has 3 rings (SSSR count). The minimum atomic E-state index is -0.414. The van der Waals surface area contributed by atoms with Gasteiger partial charge in [0.15, 0.2) is 0 Å². The summed E-state index contributed by atoms with van der Waals surface area (Å²) in [5.41, 5.74) is 1.26. The third-order valence-electron chi connectivity index (χ3n) is 4.32. The van der Waals surface area contributed by atoms with Crippen LogP contribution < -0.4 is 5.32 Å². The van der Waals surface area contributed by atoms with Gasteiger partial charge >= 0.3 is 0 Å². The van der Waals surface area contributed by atoms with E-state index >= 15 is 0 Å². The molecule has 1 aliphatic carbocycles. The summed E-state index contributed by atoms with van der Waals surface area (Å²) in [4.78, 5) is 27.6. The van der Waals surface area contributed by atoms with Crippen molar-refractivity contribution in [3.05, 3.63) is 21.9 Å².